The zero-order chi connectivity index (χ0) is 18.1. The van der Waals surface area contributed by atoms with Crippen molar-refractivity contribution in [1.82, 2.24) is 4.98 Å². The first-order valence-corrected chi connectivity index (χ1v) is 10.1. The van der Waals surface area contributed by atoms with Crippen LogP contribution in [0.3, 0.4) is 0 Å². The SMILES string of the molecule is Cc1nc(N(C)S(C)(=O)=O)sc1C(=O)Nc1ccc(C(C)C)cc1. The molecule has 0 fully saturated rings. The van der Waals surface area contributed by atoms with Gasteiger partial charge in [-0.25, -0.2) is 17.7 Å². The highest BCUT2D eigenvalue weighted by Gasteiger charge is 2.21. The molecule has 1 N–H and O–H groups in total. The van der Waals surface area contributed by atoms with Crippen LogP contribution >= 0.6 is 11.3 Å². The summed E-state index contributed by atoms with van der Waals surface area (Å²) in [4.78, 5) is 17.0. The van der Waals surface area contributed by atoms with E-state index in [-0.39, 0.29) is 11.0 Å². The number of carbonyl (C=O) groups excluding carboxylic acids is 1. The lowest BCUT2D eigenvalue weighted by atomic mass is 10.0. The lowest BCUT2D eigenvalue weighted by Crippen LogP contribution is -2.24. The van der Waals surface area contributed by atoms with Crippen LogP contribution in [0.2, 0.25) is 0 Å². The number of amides is 1. The third-order valence-electron chi connectivity index (χ3n) is 3.59. The maximum absolute atomic E-state index is 12.4. The number of rotatable bonds is 5. The number of aromatic nitrogens is 1. The fraction of sp³-hybridized carbons (Fsp3) is 0.375. The van der Waals surface area contributed by atoms with E-state index in [2.05, 4.69) is 24.1 Å². The van der Waals surface area contributed by atoms with Crippen molar-refractivity contribution in [3.63, 3.8) is 0 Å². The largest absolute Gasteiger partial charge is 0.321 e. The molecule has 1 aromatic heterocycles. The number of anilines is 2. The van der Waals surface area contributed by atoms with E-state index in [0.717, 1.165) is 21.9 Å². The molecule has 0 aliphatic carbocycles. The first kappa shape index (κ1) is 18.4. The number of sulfonamides is 1. The van der Waals surface area contributed by atoms with Crippen molar-refractivity contribution in [3.8, 4) is 0 Å². The standard InChI is InChI=1S/C16H21N3O3S2/c1-10(2)12-6-8-13(9-7-12)18-15(20)14-11(3)17-16(23-14)19(4)24(5,21)22/h6-10H,1-5H3,(H,18,20). The van der Waals surface area contributed by atoms with Gasteiger partial charge >= 0.3 is 0 Å². The summed E-state index contributed by atoms with van der Waals surface area (Å²) >= 11 is 1.05. The minimum Gasteiger partial charge on any atom is -0.321 e. The molecule has 6 nitrogen and oxygen atoms in total. The fourth-order valence-corrected chi connectivity index (χ4v) is 3.68. The molecule has 8 heteroatoms. The van der Waals surface area contributed by atoms with Crippen molar-refractivity contribution in [2.75, 3.05) is 22.9 Å². The molecule has 2 rings (SSSR count). The zero-order valence-electron chi connectivity index (χ0n) is 14.3. The number of carbonyl (C=O) groups is 1. The lowest BCUT2D eigenvalue weighted by Gasteiger charge is -2.11. The van der Waals surface area contributed by atoms with Crippen LogP contribution in [0.4, 0.5) is 10.8 Å². The van der Waals surface area contributed by atoms with Crippen molar-refractivity contribution in [2.45, 2.75) is 26.7 Å². The number of thiazole rings is 1. The molecule has 0 aliphatic heterocycles. The topological polar surface area (TPSA) is 79.4 Å². The average Bonchev–Trinajstić information content (AvgIpc) is 2.88. The van der Waals surface area contributed by atoms with E-state index in [4.69, 9.17) is 0 Å². The second-order valence-corrected chi connectivity index (χ2v) is 8.86. The Balaban J connectivity index is 2.20. The molecule has 0 spiro atoms. The Morgan fingerprint density at radius 1 is 1.25 bits per heavy atom. The number of hydrogen-bond acceptors (Lipinski definition) is 5. The van der Waals surface area contributed by atoms with Gasteiger partial charge in [0.05, 0.1) is 11.9 Å². The Morgan fingerprint density at radius 3 is 2.33 bits per heavy atom. The quantitative estimate of drug-likeness (QED) is 0.880. The summed E-state index contributed by atoms with van der Waals surface area (Å²) in [6, 6.07) is 7.66. The molecule has 0 radical (unpaired) electrons. The average molecular weight is 367 g/mol. The Morgan fingerprint density at radius 2 is 1.83 bits per heavy atom. The molecule has 24 heavy (non-hydrogen) atoms. The molecule has 1 aromatic carbocycles. The molecular weight excluding hydrogens is 346 g/mol. The minimum absolute atomic E-state index is 0.273. The summed E-state index contributed by atoms with van der Waals surface area (Å²) in [7, 11) is -1.99. The van der Waals surface area contributed by atoms with Crippen LogP contribution in [0.1, 0.15) is 40.7 Å². The third-order valence-corrected chi connectivity index (χ3v) is 6.11. The van der Waals surface area contributed by atoms with Crippen molar-refractivity contribution in [3.05, 3.63) is 40.4 Å². The first-order chi connectivity index (χ1) is 11.1. The van der Waals surface area contributed by atoms with Gasteiger partial charge in [0.25, 0.3) is 5.91 Å². The molecule has 2 aromatic rings. The van der Waals surface area contributed by atoms with Crippen LogP contribution in [-0.4, -0.2) is 32.6 Å². The highest BCUT2D eigenvalue weighted by atomic mass is 32.2. The van der Waals surface area contributed by atoms with Gasteiger partial charge in [-0.05, 0) is 30.5 Å². The van der Waals surface area contributed by atoms with Crippen LogP contribution in [0.5, 0.6) is 0 Å². The summed E-state index contributed by atoms with van der Waals surface area (Å²) < 4.78 is 24.3. The van der Waals surface area contributed by atoms with Crippen LogP contribution < -0.4 is 9.62 Å². The summed E-state index contributed by atoms with van der Waals surface area (Å²) in [5, 5.41) is 3.09. The van der Waals surface area contributed by atoms with Gasteiger partial charge in [-0.1, -0.05) is 37.3 Å². The minimum atomic E-state index is -3.41. The van der Waals surface area contributed by atoms with E-state index in [9.17, 15) is 13.2 Å². The Labute approximate surface area is 146 Å². The Hall–Kier alpha value is -1.93. The highest BCUT2D eigenvalue weighted by molar-refractivity contribution is 7.92. The monoisotopic (exact) mass is 367 g/mol. The Bertz CT molecular complexity index is 840. The van der Waals surface area contributed by atoms with Crippen molar-refractivity contribution in [1.29, 1.82) is 0 Å². The fourth-order valence-electron chi connectivity index (χ4n) is 2.01. The molecule has 130 valence electrons. The summed E-state index contributed by atoms with van der Waals surface area (Å²) in [5.74, 6) is 0.128. The lowest BCUT2D eigenvalue weighted by molar-refractivity contribution is 0.103. The molecule has 0 bridgehead atoms. The van der Waals surface area contributed by atoms with Crippen molar-refractivity contribution >= 4 is 38.1 Å². The summed E-state index contributed by atoms with van der Waals surface area (Å²) in [6.07, 6.45) is 1.10. The second-order valence-electron chi connectivity index (χ2n) is 5.87. The van der Waals surface area contributed by atoms with E-state index in [1.54, 1.807) is 6.92 Å². The predicted molar refractivity (Wildman–Crippen MR) is 98.6 cm³/mol. The molecule has 0 unspecified atom stereocenters. The number of nitrogens with zero attached hydrogens (tertiary/aromatic N) is 2. The maximum atomic E-state index is 12.4. The van der Waals surface area contributed by atoms with Crippen LogP contribution in [0.25, 0.3) is 0 Å². The number of aryl methyl sites for hydroxylation is 1. The van der Waals surface area contributed by atoms with Gasteiger partial charge in [-0.2, -0.15) is 0 Å². The molecule has 0 saturated carbocycles. The summed E-state index contributed by atoms with van der Waals surface area (Å²) in [5.41, 5.74) is 2.39. The normalized spacial score (nSPS) is 11.6. The van der Waals surface area contributed by atoms with Crippen LogP contribution in [-0.2, 0) is 10.0 Å². The van der Waals surface area contributed by atoms with Gasteiger partial charge in [0.15, 0.2) is 5.13 Å². The van der Waals surface area contributed by atoms with E-state index in [1.807, 2.05) is 24.3 Å². The molecule has 1 amide bonds. The van der Waals surface area contributed by atoms with E-state index < -0.39 is 10.0 Å². The van der Waals surface area contributed by atoms with Crippen molar-refractivity contribution in [2.24, 2.45) is 0 Å². The molecule has 0 atom stereocenters. The van der Waals surface area contributed by atoms with Crippen LogP contribution in [0.15, 0.2) is 24.3 Å². The molecule has 0 saturated heterocycles. The predicted octanol–water partition coefficient (Wildman–Crippen LogP) is 3.22. The van der Waals surface area contributed by atoms with Gasteiger partial charge in [0.1, 0.15) is 4.88 Å². The van der Waals surface area contributed by atoms with E-state index >= 15 is 0 Å². The maximum Gasteiger partial charge on any atom is 0.267 e. The van der Waals surface area contributed by atoms with Gasteiger partial charge in [-0.15, -0.1) is 0 Å². The van der Waals surface area contributed by atoms with Gasteiger partial charge < -0.3 is 5.32 Å². The van der Waals surface area contributed by atoms with Crippen LogP contribution in [0, 0.1) is 6.92 Å². The Kier molecular flexibility index (Phi) is 5.29. The van der Waals surface area contributed by atoms with Crippen molar-refractivity contribution < 1.29 is 13.2 Å². The number of benzene rings is 1. The molecular formula is C16H21N3O3S2. The van der Waals surface area contributed by atoms with E-state index in [1.165, 1.54) is 12.6 Å². The highest BCUT2D eigenvalue weighted by Crippen LogP contribution is 2.27. The summed E-state index contributed by atoms with van der Waals surface area (Å²) in [6.45, 7) is 5.90. The molecule has 0 aliphatic rings. The zero-order valence-corrected chi connectivity index (χ0v) is 16.0. The first-order valence-electron chi connectivity index (χ1n) is 7.42. The van der Waals surface area contributed by atoms with E-state index in [0.29, 0.717) is 22.2 Å². The number of hydrogen-bond donors (Lipinski definition) is 1. The van der Waals surface area contributed by atoms with Gasteiger partial charge in [0, 0.05) is 12.7 Å². The molecule has 1 heterocycles. The smallest absolute Gasteiger partial charge is 0.267 e. The number of nitrogens with one attached hydrogen (secondary N) is 1. The van der Waals surface area contributed by atoms with Gasteiger partial charge in [-0.3, -0.25) is 4.79 Å². The third kappa shape index (κ3) is 4.12. The second kappa shape index (κ2) is 6.90. The van der Waals surface area contributed by atoms with Gasteiger partial charge in [0.2, 0.25) is 10.0 Å².